The molecule has 23 heavy (non-hydrogen) atoms. The number of hydrogen-bond donors (Lipinski definition) is 0. The van der Waals surface area contributed by atoms with Crippen molar-refractivity contribution in [3.8, 4) is 22.3 Å². The second-order valence-corrected chi connectivity index (χ2v) is 5.37. The molecule has 0 aliphatic rings. The lowest BCUT2D eigenvalue weighted by Gasteiger charge is -2.08. The topological polar surface area (TPSA) is 4.10 Å². The molecule has 0 amide bonds. The maximum absolute atomic E-state index is 2.26. The second-order valence-electron chi connectivity index (χ2n) is 5.37. The van der Waals surface area contributed by atoms with Gasteiger partial charge in [0.25, 0.3) is 0 Å². The Hall–Kier alpha value is -2.45. The quantitative estimate of drug-likeness (QED) is 0.479. The maximum Gasteiger partial charge on any atom is 0.211 e. The van der Waals surface area contributed by atoms with Crippen molar-refractivity contribution in [3.05, 3.63) is 97.3 Å². The summed E-state index contributed by atoms with van der Waals surface area (Å²) in [6, 6.07) is 29.7. The molecule has 0 N–H and O–H groups in total. The number of pyridine rings is 2. The van der Waals surface area contributed by atoms with Gasteiger partial charge in [0.15, 0.2) is 12.4 Å². The van der Waals surface area contributed by atoms with Gasteiger partial charge in [0.05, 0.1) is 5.56 Å². The summed E-state index contributed by atoms with van der Waals surface area (Å²) in [6.07, 6.45) is 4.31. The molecule has 0 spiro atoms. The summed E-state index contributed by atoms with van der Waals surface area (Å²) >= 11 is 0. The van der Waals surface area contributed by atoms with Gasteiger partial charge in [-0.25, -0.2) is 0 Å². The summed E-state index contributed by atoms with van der Waals surface area (Å²) in [5, 5.41) is 0. The average molecular weight is 362 g/mol. The summed E-state index contributed by atoms with van der Waals surface area (Å²) in [7, 11) is 0. The van der Waals surface area contributed by atoms with Crippen LogP contribution in [-0.2, 0) is 0 Å². The third-order valence-electron chi connectivity index (χ3n) is 3.94. The van der Waals surface area contributed by atoms with E-state index in [2.05, 4.69) is 102 Å². The average Bonchev–Trinajstić information content (AvgIpc) is 2.62. The van der Waals surface area contributed by atoms with Crippen LogP contribution in [0.1, 0.15) is 0 Å². The first-order valence-electron chi connectivity index (χ1n) is 7.47. The van der Waals surface area contributed by atoms with E-state index in [0.29, 0.717) is 0 Å². The fraction of sp³-hybridized carbons (Fsp3) is 0. The van der Waals surface area contributed by atoms with Crippen molar-refractivity contribution >= 4 is 5.52 Å². The summed E-state index contributed by atoms with van der Waals surface area (Å²) in [5.74, 6) is 0. The minimum atomic E-state index is 0. The Morgan fingerprint density at radius 1 is 0.565 bits per heavy atom. The molecule has 0 saturated carbocycles. The van der Waals surface area contributed by atoms with E-state index in [0.717, 1.165) is 0 Å². The van der Waals surface area contributed by atoms with Gasteiger partial charge in [0.2, 0.25) is 5.52 Å². The first kappa shape index (κ1) is 15.4. The van der Waals surface area contributed by atoms with Crippen molar-refractivity contribution in [2.75, 3.05) is 0 Å². The predicted octanol–water partition coefficient (Wildman–Crippen LogP) is 1.76. The molecule has 0 unspecified atom stereocenters. The van der Waals surface area contributed by atoms with Crippen molar-refractivity contribution in [1.82, 2.24) is 0 Å². The van der Waals surface area contributed by atoms with Gasteiger partial charge in [-0.15, -0.1) is 0 Å². The number of nitrogens with zero attached hydrogens (tertiary/aromatic N) is 1. The highest BCUT2D eigenvalue weighted by atomic mass is 79.9. The normalized spacial score (nSPS) is 10.3. The fourth-order valence-corrected chi connectivity index (χ4v) is 2.85. The zero-order valence-electron chi connectivity index (χ0n) is 12.6. The molecule has 1 nitrogen and oxygen atoms in total. The highest BCUT2D eigenvalue weighted by Gasteiger charge is 2.13. The van der Waals surface area contributed by atoms with Gasteiger partial charge >= 0.3 is 0 Å². The third-order valence-corrected chi connectivity index (χ3v) is 3.94. The predicted molar refractivity (Wildman–Crippen MR) is 90.5 cm³/mol. The zero-order valence-corrected chi connectivity index (χ0v) is 14.1. The number of halogens is 1. The van der Waals surface area contributed by atoms with Gasteiger partial charge in [0.1, 0.15) is 0 Å². The first-order valence-corrected chi connectivity index (χ1v) is 7.47. The Bertz CT molecular complexity index is 840. The van der Waals surface area contributed by atoms with Crippen LogP contribution in [0.2, 0.25) is 0 Å². The van der Waals surface area contributed by atoms with E-state index in [1.807, 2.05) is 0 Å². The summed E-state index contributed by atoms with van der Waals surface area (Å²) in [6.45, 7) is 0. The number of fused-ring (bicyclic) bond motifs is 1. The van der Waals surface area contributed by atoms with Crippen LogP contribution in [0.3, 0.4) is 0 Å². The molecule has 2 heteroatoms. The number of hydrogen-bond acceptors (Lipinski definition) is 0. The summed E-state index contributed by atoms with van der Waals surface area (Å²) in [5.41, 5.74) is 6.18. The van der Waals surface area contributed by atoms with E-state index in [1.54, 1.807) is 0 Å². The van der Waals surface area contributed by atoms with E-state index in [4.69, 9.17) is 0 Å². The number of aromatic nitrogens is 1. The van der Waals surface area contributed by atoms with Gasteiger partial charge in [-0.2, -0.15) is 4.40 Å². The van der Waals surface area contributed by atoms with Crippen LogP contribution in [0.25, 0.3) is 27.8 Å². The third kappa shape index (κ3) is 3.03. The minimum Gasteiger partial charge on any atom is -1.00 e. The van der Waals surface area contributed by atoms with Gasteiger partial charge in [-0.05, 0) is 17.2 Å². The molecule has 0 bridgehead atoms. The van der Waals surface area contributed by atoms with Crippen LogP contribution >= 0.6 is 0 Å². The van der Waals surface area contributed by atoms with Crippen molar-refractivity contribution in [2.45, 2.75) is 0 Å². The van der Waals surface area contributed by atoms with Gasteiger partial charge < -0.3 is 17.0 Å². The molecule has 2 aromatic heterocycles. The largest absolute Gasteiger partial charge is 1.00 e. The van der Waals surface area contributed by atoms with Gasteiger partial charge in [-0.1, -0.05) is 60.7 Å². The van der Waals surface area contributed by atoms with Crippen molar-refractivity contribution < 1.29 is 21.4 Å². The van der Waals surface area contributed by atoms with Crippen LogP contribution in [0.5, 0.6) is 0 Å². The highest BCUT2D eigenvalue weighted by molar-refractivity contribution is 5.84. The molecular formula is C21H16BrN. The number of benzene rings is 2. The van der Waals surface area contributed by atoms with Crippen LogP contribution in [0.4, 0.5) is 0 Å². The maximum atomic E-state index is 2.26. The molecular weight excluding hydrogens is 346 g/mol. The molecule has 0 saturated heterocycles. The lowest BCUT2D eigenvalue weighted by atomic mass is 9.96. The molecule has 4 aromatic rings. The van der Waals surface area contributed by atoms with Crippen molar-refractivity contribution in [2.24, 2.45) is 0 Å². The van der Waals surface area contributed by atoms with Crippen LogP contribution in [-0.4, -0.2) is 0 Å². The van der Waals surface area contributed by atoms with Gasteiger partial charge in [0, 0.05) is 23.8 Å². The summed E-state index contributed by atoms with van der Waals surface area (Å²) < 4.78 is 2.18. The van der Waals surface area contributed by atoms with Crippen molar-refractivity contribution in [3.63, 3.8) is 0 Å². The van der Waals surface area contributed by atoms with Crippen LogP contribution < -0.4 is 21.4 Å². The Balaban J connectivity index is 0.00000156. The molecule has 4 rings (SSSR count). The monoisotopic (exact) mass is 361 g/mol. The lowest BCUT2D eigenvalue weighted by molar-refractivity contribution is -0.511. The Morgan fingerprint density at radius 2 is 1.13 bits per heavy atom. The fourth-order valence-electron chi connectivity index (χ4n) is 2.85. The Labute approximate surface area is 146 Å². The molecule has 112 valence electrons. The smallest absolute Gasteiger partial charge is 0.211 e. The molecule has 2 aromatic carbocycles. The molecule has 0 atom stereocenters. The molecule has 0 radical (unpaired) electrons. The van der Waals surface area contributed by atoms with E-state index in [-0.39, 0.29) is 17.0 Å². The van der Waals surface area contributed by atoms with E-state index >= 15 is 0 Å². The number of rotatable bonds is 2. The minimum absolute atomic E-state index is 0. The van der Waals surface area contributed by atoms with E-state index in [1.165, 1.54) is 27.8 Å². The molecule has 2 heterocycles. The molecule has 0 aliphatic heterocycles. The summed E-state index contributed by atoms with van der Waals surface area (Å²) in [4.78, 5) is 0. The Kier molecular flexibility index (Phi) is 4.54. The zero-order chi connectivity index (χ0) is 14.8. The standard InChI is InChI=1S/C21H16N.BrH/c1-3-9-17(10-4-1)20-15-19-13-7-8-14-22(19)16-21(20)18-11-5-2-6-12-18;/h1-16H;1H/q+1;/p-1. The lowest BCUT2D eigenvalue weighted by Crippen LogP contribution is -3.00. The van der Waals surface area contributed by atoms with Crippen molar-refractivity contribution in [1.29, 1.82) is 0 Å². The van der Waals surface area contributed by atoms with Crippen LogP contribution in [0.15, 0.2) is 97.3 Å². The second kappa shape index (κ2) is 6.76. The Morgan fingerprint density at radius 3 is 1.78 bits per heavy atom. The SMILES string of the molecule is [Br-].c1ccc(-c2cc3cccc[n+]3cc2-c2ccccc2)cc1. The van der Waals surface area contributed by atoms with Gasteiger partial charge in [-0.3, -0.25) is 0 Å². The van der Waals surface area contributed by atoms with E-state index < -0.39 is 0 Å². The van der Waals surface area contributed by atoms with Crippen LogP contribution in [0, 0.1) is 0 Å². The van der Waals surface area contributed by atoms with E-state index in [9.17, 15) is 0 Å². The highest BCUT2D eigenvalue weighted by Crippen LogP contribution is 2.31. The first-order chi connectivity index (χ1) is 10.9. The molecule has 0 fully saturated rings. The molecule has 0 aliphatic carbocycles.